The molecule has 0 fully saturated rings. The summed E-state index contributed by atoms with van der Waals surface area (Å²) in [6.45, 7) is 4.68. The van der Waals surface area contributed by atoms with Crippen LogP contribution in [0, 0.1) is 0 Å². The minimum atomic E-state index is -0.913. The van der Waals surface area contributed by atoms with Gasteiger partial charge in [0, 0.05) is 5.97 Å². The topological polar surface area (TPSA) is 40.1 Å². The maximum absolute atomic E-state index is 10.4. The summed E-state index contributed by atoms with van der Waals surface area (Å²) in [6.07, 6.45) is 17.0. The van der Waals surface area contributed by atoms with Gasteiger partial charge in [-0.15, -0.1) is 0 Å². The molecule has 0 amide bonds. The standard InChI is InChI=1S/C20H41NO2/c1-4-5-6-7-8-9-10-11-12-15-18-21(2,3)19-16-13-14-17-20(22)23/h4-19H2,1-3H3. The summed E-state index contributed by atoms with van der Waals surface area (Å²) >= 11 is 0. The molecular formula is C20H41NO2. The van der Waals surface area contributed by atoms with Gasteiger partial charge >= 0.3 is 0 Å². The summed E-state index contributed by atoms with van der Waals surface area (Å²) in [6, 6.07) is 0. The van der Waals surface area contributed by atoms with Gasteiger partial charge in [-0.25, -0.2) is 0 Å². The van der Waals surface area contributed by atoms with Crippen molar-refractivity contribution in [3.8, 4) is 0 Å². The molecule has 0 N–H and O–H groups in total. The van der Waals surface area contributed by atoms with Crippen LogP contribution in [0.4, 0.5) is 0 Å². The quantitative estimate of drug-likeness (QED) is 0.295. The predicted molar refractivity (Wildman–Crippen MR) is 97.2 cm³/mol. The van der Waals surface area contributed by atoms with E-state index in [2.05, 4.69) is 21.0 Å². The number of carboxylic acids is 1. The lowest BCUT2D eigenvalue weighted by Gasteiger charge is -2.30. The number of carbonyl (C=O) groups is 1. The molecule has 0 aliphatic carbocycles. The third kappa shape index (κ3) is 17.6. The lowest BCUT2D eigenvalue weighted by molar-refractivity contribution is -0.890. The second-order valence-corrected chi connectivity index (χ2v) is 7.75. The Morgan fingerprint density at radius 1 is 0.696 bits per heavy atom. The Balaban J connectivity index is 3.36. The van der Waals surface area contributed by atoms with Gasteiger partial charge < -0.3 is 14.4 Å². The van der Waals surface area contributed by atoms with Crippen LogP contribution in [-0.2, 0) is 4.79 Å². The molecule has 0 aromatic carbocycles. The molecule has 3 nitrogen and oxygen atoms in total. The van der Waals surface area contributed by atoms with E-state index in [-0.39, 0.29) is 6.42 Å². The van der Waals surface area contributed by atoms with Crippen molar-refractivity contribution in [2.45, 2.75) is 96.8 Å². The highest BCUT2D eigenvalue weighted by Crippen LogP contribution is 2.12. The molecule has 0 heterocycles. The first kappa shape index (κ1) is 22.4. The Morgan fingerprint density at radius 2 is 1.09 bits per heavy atom. The summed E-state index contributed by atoms with van der Waals surface area (Å²) in [4.78, 5) is 10.4. The van der Waals surface area contributed by atoms with Crippen LogP contribution >= 0.6 is 0 Å². The van der Waals surface area contributed by atoms with E-state index in [1.54, 1.807) is 0 Å². The maximum Gasteiger partial charge on any atom is 0.0782 e. The summed E-state index contributed by atoms with van der Waals surface area (Å²) < 4.78 is 1.07. The van der Waals surface area contributed by atoms with Crippen LogP contribution in [-0.4, -0.2) is 37.6 Å². The molecule has 138 valence electrons. The number of unbranched alkanes of at least 4 members (excludes halogenated alkanes) is 11. The molecular weight excluding hydrogens is 286 g/mol. The van der Waals surface area contributed by atoms with E-state index < -0.39 is 5.97 Å². The SMILES string of the molecule is CCCCCCCCCCCC[N+](C)(C)CCCCCC(=O)[O-]. The highest BCUT2D eigenvalue weighted by atomic mass is 16.4. The van der Waals surface area contributed by atoms with Gasteiger partial charge in [0.15, 0.2) is 0 Å². The van der Waals surface area contributed by atoms with Gasteiger partial charge in [-0.1, -0.05) is 58.3 Å². The Bertz CT molecular complexity index is 277. The molecule has 0 unspecified atom stereocenters. The number of hydrogen-bond acceptors (Lipinski definition) is 2. The first-order chi connectivity index (χ1) is 11.0. The number of aliphatic carboxylic acids is 1. The van der Waals surface area contributed by atoms with Crippen LogP contribution in [0.2, 0.25) is 0 Å². The van der Waals surface area contributed by atoms with Crippen LogP contribution in [0.1, 0.15) is 96.8 Å². The largest absolute Gasteiger partial charge is 0.550 e. The number of carboxylic acid groups (broad SMARTS) is 1. The van der Waals surface area contributed by atoms with Gasteiger partial charge in [0.1, 0.15) is 0 Å². The van der Waals surface area contributed by atoms with E-state index in [0.717, 1.165) is 30.3 Å². The number of carbonyl (C=O) groups excluding carboxylic acids is 1. The zero-order valence-corrected chi connectivity index (χ0v) is 16.1. The fourth-order valence-electron chi connectivity index (χ4n) is 3.13. The molecule has 23 heavy (non-hydrogen) atoms. The third-order valence-corrected chi connectivity index (χ3v) is 4.76. The Hall–Kier alpha value is -0.570. The summed E-state index contributed by atoms with van der Waals surface area (Å²) in [5.74, 6) is -0.913. The molecule has 0 aliphatic heterocycles. The van der Waals surface area contributed by atoms with Crippen molar-refractivity contribution < 1.29 is 14.4 Å². The Morgan fingerprint density at radius 3 is 1.52 bits per heavy atom. The van der Waals surface area contributed by atoms with Gasteiger partial charge in [0.25, 0.3) is 0 Å². The lowest BCUT2D eigenvalue weighted by atomic mass is 10.1. The highest BCUT2D eigenvalue weighted by molar-refractivity contribution is 5.63. The van der Waals surface area contributed by atoms with Gasteiger partial charge in [-0.05, 0) is 38.5 Å². The Labute approximate surface area is 145 Å². The lowest BCUT2D eigenvalue weighted by Crippen LogP contribution is -2.41. The molecule has 3 heteroatoms. The monoisotopic (exact) mass is 327 g/mol. The van der Waals surface area contributed by atoms with Crippen molar-refractivity contribution in [3.63, 3.8) is 0 Å². The van der Waals surface area contributed by atoms with E-state index >= 15 is 0 Å². The van der Waals surface area contributed by atoms with E-state index in [9.17, 15) is 9.90 Å². The molecule has 0 saturated heterocycles. The van der Waals surface area contributed by atoms with Crippen LogP contribution in [0.15, 0.2) is 0 Å². The van der Waals surface area contributed by atoms with Crippen molar-refractivity contribution in [1.82, 2.24) is 0 Å². The minimum absolute atomic E-state index is 0.214. The smallest absolute Gasteiger partial charge is 0.0782 e. The fourth-order valence-corrected chi connectivity index (χ4v) is 3.13. The number of quaternary nitrogens is 1. The van der Waals surface area contributed by atoms with Crippen molar-refractivity contribution in [1.29, 1.82) is 0 Å². The molecule has 0 rings (SSSR count). The zero-order valence-electron chi connectivity index (χ0n) is 16.1. The predicted octanol–water partition coefficient (Wildman–Crippen LogP) is 4.29. The number of nitrogens with zero attached hydrogens (tertiary/aromatic N) is 1. The number of hydrogen-bond donors (Lipinski definition) is 0. The molecule has 0 saturated carbocycles. The second kappa shape index (κ2) is 15.0. The molecule has 0 atom stereocenters. The van der Waals surface area contributed by atoms with Crippen LogP contribution in [0.25, 0.3) is 0 Å². The molecule has 0 aliphatic rings. The van der Waals surface area contributed by atoms with Crippen molar-refractivity contribution in [2.75, 3.05) is 27.2 Å². The Kier molecular flexibility index (Phi) is 14.6. The fraction of sp³-hybridized carbons (Fsp3) is 0.950. The van der Waals surface area contributed by atoms with E-state index in [0.29, 0.717) is 0 Å². The minimum Gasteiger partial charge on any atom is -0.550 e. The normalized spacial score (nSPS) is 11.8. The average Bonchev–Trinajstić information content (AvgIpc) is 2.48. The van der Waals surface area contributed by atoms with E-state index in [1.807, 2.05) is 0 Å². The summed E-state index contributed by atoms with van der Waals surface area (Å²) in [7, 11) is 4.60. The van der Waals surface area contributed by atoms with Crippen molar-refractivity contribution >= 4 is 5.97 Å². The molecule has 0 radical (unpaired) electrons. The molecule has 0 spiro atoms. The van der Waals surface area contributed by atoms with Crippen LogP contribution in [0.3, 0.4) is 0 Å². The third-order valence-electron chi connectivity index (χ3n) is 4.76. The van der Waals surface area contributed by atoms with Gasteiger partial charge in [-0.2, -0.15) is 0 Å². The first-order valence-corrected chi connectivity index (χ1v) is 10.00. The molecule has 0 aromatic heterocycles. The highest BCUT2D eigenvalue weighted by Gasteiger charge is 2.13. The average molecular weight is 328 g/mol. The van der Waals surface area contributed by atoms with Gasteiger partial charge in [0.2, 0.25) is 0 Å². The summed E-state index contributed by atoms with van der Waals surface area (Å²) in [5, 5.41) is 10.4. The maximum atomic E-state index is 10.4. The van der Waals surface area contributed by atoms with E-state index in [4.69, 9.17) is 0 Å². The first-order valence-electron chi connectivity index (χ1n) is 10.00. The second-order valence-electron chi connectivity index (χ2n) is 7.75. The van der Waals surface area contributed by atoms with E-state index in [1.165, 1.54) is 70.8 Å². The van der Waals surface area contributed by atoms with Crippen molar-refractivity contribution in [2.24, 2.45) is 0 Å². The molecule has 0 bridgehead atoms. The van der Waals surface area contributed by atoms with Crippen LogP contribution in [0.5, 0.6) is 0 Å². The van der Waals surface area contributed by atoms with Gasteiger partial charge in [-0.3, -0.25) is 0 Å². The van der Waals surface area contributed by atoms with Crippen LogP contribution < -0.4 is 5.11 Å². The molecule has 0 aromatic rings. The van der Waals surface area contributed by atoms with Gasteiger partial charge in [0.05, 0.1) is 27.2 Å². The van der Waals surface area contributed by atoms with Crippen molar-refractivity contribution in [3.05, 3.63) is 0 Å². The summed E-state index contributed by atoms with van der Waals surface area (Å²) in [5.41, 5.74) is 0. The zero-order chi connectivity index (χ0) is 17.4. The number of rotatable bonds is 17.